The van der Waals surface area contributed by atoms with Crippen molar-refractivity contribution < 1.29 is 4.79 Å². The van der Waals surface area contributed by atoms with E-state index in [0.29, 0.717) is 11.6 Å². The summed E-state index contributed by atoms with van der Waals surface area (Å²) in [4.78, 5) is 23.9. The number of aromatic nitrogens is 2. The SMILES string of the molecule is Cc1cc(N2CCCC2)nc(Nc2ccc(NC(=O)Nc3ccc(C(C)(C)C)cc3)cc2)n1. The molecule has 0 unspecified atom stereocenters. The normalized spacial score (nSPS) is 13.6. The smallest absolute Gasteiger partial charge is 0.323 e. The van der Waals surface area contributed by atoms with Crippen molar-refractivity contribution in [2.45, 2.75) is 46.0 Å². The minimum absolute atomic E-state index is 0.0792. The van der Waals surface area contributed by atoms with E-state index in [-0.39, 0.29) is 11.4 Å². The lowest BCUT2D eigenvalue weighted by molar-refractivity contribution is 0.262. The molecule has 2 aromatic carbocycles. The third-order valence-electron chi connectivity index (χ3n) is 5.68. The molecule has 0 aliphatic carbocycles. The first kappa shape index (κ1) is 22.6. The van der Waals surface area contributed by atoms with Crippen molar-refractivity contribution in [1.29, 1.82) is 0 Å². The molecule has 4 rings (SSSR count). The van der Waals surface area contributed by atoms with E-state index in [1.807, 2.05) is 61.5 Å². The molecule has 7 nitrogen and oxygen atoms in total. The number of hydrogen-bond acceptors (Lipinski definition) is 5. The molecule has 3 N–H and O–H groups in total. The Labute approximate surface area is 195 Å². The van der Waals surface area contributed by atoms with Gasteiger partial charge in [0.05, 0.1) is 0 Å². The average molecular weight is 445 g/mol. The van der Waals surface area contributed by atoms with Crippen LogP contribution in [-0.2, 0) is 5.41 Å². The largest absolute Gasteiger partial charge is 0.356 e. The fourth-order valence-corrected chi connectivity index (χ4v) is 3.83. The maximum Gasteiger partial charge on any atom is 0.323 e. The number of carbonyl (C=O) groups is 1. The summed E-state index contributed by atoms with van der Waals surface area (Å²) >= 11 is 0. The van der Waals surface area contributed by atoms with Crippen molar-refractivity contribution >= 4 is 34.9 Å². The quantitative estimate of drug-likeness (QED) is 0.445. The second-order valence-electron chi connectivity index (χ2n) is 9.49. The van der Waals surface area contributed by atoms with Crippen LogP contribution in [-0.4, -0.2) is 29.1 Å². The zero-order valence-corrected chi connectivity index (χ0v) is 19.8. The highest BCUT2D eigenvalue weighted by molar-refractivity contribution is 5.99. The number of rotatable bonds is 5. The molecule has 1 fully saturated rings. The number of nitrogens with zero attached hydrogens (tertiary/aromatic N) is 3. The fourth-order valence-electron chi connectivity index (χ4n) is 3.83. The lowest BCUT2D eigenvalue weighted by atomic mass is 9.87. The van der Waals surface area contributed by atoms with Gasteiger partial charge in [0.25, 0.3) is 0 Å². The first-order chi connectivity index (χ1) is 15.8. The monoisotopic (exact) mass is 444 g/mol. The van der Waals surface area contributed by atoms with Gasteiger partial charge in [0.1, 0.15) is 5.82 Å². The molecule has 1 aromatic heterocycles. The summed E-state index contributed by atoms with van der Waals surface area (Å²) in [7, 11) is 0. The molecular weight excluding hydrogens is 412 g/mol. The van der Waals surface area contributed by atoms with E-state index in [0.717, 1.165) is 36.0 Å². The van der Waals surface area contributed by atoms with Gasteiger partial charge in [-0.05, 0) is 67.1 Å². The van der Waals surface area contributed by atoms with Gasteiger partial charge in [-0.3, -0.25) is 0 Å². The molecule has 2 heterocycles. The van der Waals surface area contributed by atoms with Crippen LogP contribution in [0.4, 0.5) is 33.6 Å². The maximum atomic E-state index is 12.4. The van der Waals surface area contributed by atoms with Crippen LogP contribution in [0.5, 0.6) is 0 Å². The number of aryl methyl sites for hydroxylation is 1. The van der Waals surface area contributed by atoms with Crippen LogP contribution >= 0.6 is 0 Å². The van der Waals surface area contributed by atoms with Crippen LogP contribution in [0.2, 0.25) is 0 Å². The molecule has 0 bridgehead atoms. The minimum atomic E-state index is -0.281. The number of urea groups is 1. The standard InChI is InChI=1S/C26H32N6O/c1-18-17-23(32-15-5-6-16-32)31-24(27-18)28-20-11-13-22(14-12-20)30-25(33)29-21-9-7-19(8-10-21)26(2,3)4/h7-14,17H,5-6,15-16H2,1-4H3,(H,27,28,31)(H2,29,30,33). The second kappa shape index (κ2) is 9.48. The van der Waals surface area contributed by atoms with Crippen LogP contribution < -0.4 is 20.9 Å². The van der Waals surface area contributed by atoms with Gasteiger partial charge in [-0.2, -0.15) is 4.98 Å². The van der Waals surface area contributed by atoms with Gasteiger partial charge in [-0.25, -0.2) is 9.78 Å². The van der Waals surface area contributed by atoms with Crippen molar-refractivity contribution in [3.05, 3.63) is 65.9 Å². The average Bonchev–Trinajstić information content (AvgIpc) is 3.29. The van der Waals surface area contributed by atoms with Crippen LogP contribution in [0, 0.1) is 6.92 Å². The summed E-state index contributed by atoms with van der Waals surface area (Å²) in [5.74, 6) is 1.54. The Morgan fingerprint density at radius 2 is 1.39 bits per heavy atom. The van der Waals surface area contributed by atoms with Gasteiger partial charge >= 0.3 is 6.03 Å². The summed E-state index contributed by atoms with van der Waals surface area (Å²) in [6, 6.07) is 17.2. The number of anilines is 5. The molecule has 1 aliphatic heterocycles. The Morgan fingerprint density at radius 1 is 0.848 bits per heavy atom. The van der Waals surface area contributed by atoms with E-state index in [4.69, 9.17) is 0 Å². The highest BCUT2D eigenvalue weighted by atomic mass is 16.2. The van der Waals surface area contributed by atoms with Crippen molar-refractivity contribution in [3.8, 4) is 0 Å². The van der Waals surface area contributed by atoms with Gasteiger partial charge < -0.3 is 20.9 Å². The number of benzene rings is 2. The molecule has 33 heavy (non-hydrogen) atoms. The maximum absolute atomic E-state index is 12.4. The van der Waals surface area contributed by atoms with E-state index in [1.165, 1.54) is 18.4 Å². The van der Waals surface area contributed by atoms with E-state index >= 15 is 0 Å². The minimum Gasteiger partial charge on any atom is -0.356 e. The van der Waals surface area contributed by atoms with Crippen molar-refractivity contribution in [2.75, 3.05) is 33.9 Å². The zero-order chi connectivity index (χ0) is 23.4. The van der Waals surface area contributed by atoms with Crippen LogP contribution in [0.25, 0.3) is 0 Å². The molecule has 2 amide bonds. The summed E-state index contributed by atoms with van der Waals surface area (Å²) in [5, 5.41) is 9.01. The Hall–Kier alpha value is -3.61. The van der Waals surface area contributed by atoms with Crippen LogP contribution in [0.3, 0.4) is 0 Å². The van der Waals surface area contributed by atoms with Gasteiger partial charge in [0.15, 0.2) is 0 Å². The van der Waals surface area contributed by atoms with Crippen molar-refractivity contribution in [3.63, 3.8) is 0 Å². The number of carbonyl (C=O) groups excluding carboxylic acids is 1. The van der Waals surface area contributed by atoms with Crippen molar-refractivity contribution in [2.24, 2.45) is 0 Å². The predicted octanol–water partition coefficient (Wildman–Crippen LogP) is 6.07. The van der Waals surface area contributed by atoms with E-state index in [1.54, 1.807) is 0 Å². The van der Waals surface area contributed by atoms with Gasteiger partial charge in [0, 0.05) is 41.9 Å². The highest BCUT2D eigenvalue weighted by Crippen LogP contribution is 2.24. The van der Waals surface area contributed by atoms with Crippen LogP contribution in [0.15, 0.2) is 54.6 Å². The Kier molecular flexibility index (Phi) is 6.49. The van der Waals surface area contributed by atoms with Crippen molar-refractivity contribution in [1.82, 2.24) is 9.97 Å². The number of hydrogen-bond donors (Lipinski definition) is 3. The summed E-state index contributed by atoms with van der Waals surface area (Å²) in [6.07, 6.45) is 2.41. The van der Waals surface area contributed by atoms with E-state index in [9.17, 15) is 4.79 Å². The molecule has 0 saturated carbocycles. The second-order valence-corrected chi connectivity index (χ2v) is 9.49. The Morgan fingerprint density at radius 3 is 1.97 bits per heavy atom. The van der Waals surface area contributed by atoms with Gasteiger partial charge in [-0.15, -0.1) is 0 Å². The first-order valence-electron chi connectivity index (χ1n) is 11.4. The van der Waals surface area contributed by atoms with Gasteiger partial charge in [-0.1, -0.05) is 32.9 Å². The van der Waals surface area contributed by atoms with E-state index in [2.05, 4.69) is 51.6 Å². The third-order valence-corrected chi connectivity index (χ3v) is 5.68. The molecule has 0 spiro atoms. The summed E-state index contributed by atoms with van der Waals surface area (Å²) in [5.41, 5.74) is 4.55. The first-order valence-corrected chi connectivity index (χ1v) is 11.4. The molecule has 3 aromatic rings. The lowest BCUT2D eigenvalue weighted by Crippen LogP contribution is -2.20. The molecule has 0 atom stereocenters. The topological polar surface area (TPSA) is 82.2 Å². The summed E-state index contributed by atoms with van der Waals surface area (Å²) in [6.45, 7) is 10.6. The predicted molar refractivity (Wildman–Crippen MR) is 136 cm³/mol. The highest BCUT2D eigenvalue weighted by Gasteiger charge is 2.15. The molecular formula is C26H32N6O. The number of nitrogens with one attached hydrogen (secondary N) is 3. The fraction of sp³-hybridized carbons (Fsp3) is 0.346. The Bertz CT molecular complexity index is 1100. The van der Waals surface area contributed by atoms with Gasteiger partial charge in [0.2, 0.25) is 5.95 Å². The molecule has 172 valence electrons. The Balaban J connectivity index is 1.35. The molecule has 1 saturated heterocycles. The zero-order valence-electron chi connectivity index (χ0n) is 19.8. The van der Waals surface area contributed by atoms with E-state index < -0.39 is 0 Å². The number of amides is 2. The lowest BCUT2D eigenvalue weighted by Gasteiger charge is -2.19. The summed E-state index contributed by atoms with van der Waals surface area (Å²) < 4.78 is 0. The molecule has 0 radical (unpaired) electrons. The molecule has 7 heteroatoms. The molecule has 1 aliphatic rings. The van der Waals surface area contributed by atoms with Crippen LogP contribution in [0.1, 0.15) is 44.9 Å². The third kappa shape index (κ3) is 6.00.